The predicted molar refractivity (Wildman–Crippen MR) is 88.7 cm³/mol. The average molecular weight is 307 g/mol. The molecule has 0 N–H and O–H groups in total. The molecule has 0 aromatic heterocycles. The summed E-state index contributed by atoms with van der Waals surface area (Å²) < 4.78 is 16.7. The summed E-state index contributed by atoms with van der Waals surface area (Å²) in [6.45, 7) is 13.3. The van der Waals surface area contributed by atoms with Gasteiger partial charge in [-0.25, -0.2) is 0 Å². The van der Waals surface area contributed by atoms with E-state index >= 15 is 0 Å². The zero-order chi connectivity index (χ0) is 15.8. The van der Waals surface area contributed by atoms with Gasteiger partial charge in [0.2, 0.25) is 0 Å². The van der Waals surface area contributed by atoms with E-state index in [9.17, 15) is 0 Å². The van der Waals surface area contributed by atoms with Crippen LogP contribution >= 0.6 is 0 Å². The molecule has 0 radical (unpaired) electrons. The number of hydrogen-bond donors (Lipinski definition) is 0. The molecular formula is C18H29NO3. The molecule has 0 amide bonds. The van der Waals surface area contributed by atoms with Crippen LogP contribution in [0.2, 0.25) is 0 Å². The van der Waals surface area contributed by atoms with Crippen LogP contribution in [0.5, 0.6) is 5.75 Å². The summed E-state index contributed by atoms with van der Waals surface area (Å²) in [6.07, 6.45) is 0. The fourth-order valence-electron chi connectivity index (χ4n) is 2.39. The highest BCUT2D eigenvalue weighted by Crippen LogP contribution is 2.24. The summed E-state index contributed by atoms with van der Waals surface area (Å²) in [6, 6.07) is 8.34. The number of rotatable bonds is 7. The fraction of sp³-hybridized carbons (Fsp3) is 0.667. The van der Waals surface area contributed by atoms with Crippen LogP contribution in [-0.4, -0.2) is 57.6 Å². The van der Waals surface area contributed by atoms with Crippen molar-refractivity contribution in [1.82, 2.24) is 4.90 Å². The lowest BCUT2D eigenvalue weighted by Gasteiger charge is -2.26. The van der Waals surface area contributed by atoms with Gasteiger partial charge in [0, 0.05) is 19.6 Å². The Kier molecular flexibility index (Phi) is 6.68. The van der Waals surface area contributed by atoms with Crippen LogP contribution in [0.15, 0.2) is 24.3 Å². The van der Waals surface area contributed by atoms with Gasteiger partial charge in [0.05, 0.1) is 26.4 Å². The third-order valence-electron chi connectivity index (χ3n) is 3.87. The minimum atomic E-state index is 0.182. The summed E-state index contributed by atoms with van der Waals surface area (Å²) >= 11 is 0. The van der Waals surface area contributed by atoms with Crippen molar-refractivity contribution in [2.24, 2.45) is 0 Å². The van der Waals surface area contributed by atoms with E-state index in [1.807, 2.05) is 12.1 Å². The molecule has 22 heavy (non-hydrogen) atoms. The van der Waals surface area contributed by atoms with Crippen LogP contribution in [-0.2, 0) is 14.9 Å². The summed E-state index contributed by atoms with van der Waals surface area (Å²) in [5, 5.41) is 0. The first-order valence-electron chi connectivity index (χ1n) is 8.17. The van der Waals surface area contributed by atoms with Gasteiger partial charge >= 0.3 is 0 Å². The first-order valence-corrected chi connectivity index (χ1v) is 8.17. The molecule has 1 aromatic rings. The molecule has 1 aromatic carbocycles. The van der Waals surface area contributed by atoms with Crippen LogP contribution < -0.4 is 4.74 Å². The van der Waals surface area contributed by atoms with Crippen molar-refractivity contribution in [3.05, 3.63) is 29.8 Å². The second-order valence-electron chi connectivity index (χ2n) is 6.69. The highest BCUT2D eigenvalue weighted by molar-refractivity contribution is 5.31. The van der Waals surface area contributed by atoms with Gasteiger partial charge < -0.3 is 14.2 Å². The van der Waals surface area contributed by atoms with Crippen molar-refractivity contribution in [3.63, 3.8) is 0 Å². The molecule has 1 aliphatic rings. The van der Waals surface area contributed by atoms with Gasteiger partial charge in [-0.3, -0.25) is 4.90 Å². The third kappa shape index (κ3) is 5.95. The zero-order valence-electron chi connectivity index (χ0n) is 14.1. The highest BCUT2D eigenvalue weighted by atomic mass is 16.5. The lowest BCUT2D eigenvalue weighted by atomic mass is 9.87. The van der Waals surface area contributed by atoms with Gasteiger partial charge in [0.1, 0.15) is 12.4 Å². The van der Waals surface area contributed by atoms with Crippen molar-refractivity contribution in [2.45, 2.75) is 26.2 Å². The second kappa shape index (κ2) is 8.51. The van der Waals surface area contributed by atoms with Gasteiger partial charge in [-0.1, -0.05) is 32.9 Å². The van der Waals surface area contributed by atoms with Gasteiger partial charge in [-0.05, 0) is 23.1 Å². The number of benzene rings is 1. The Morgan fingerprint density at radius 3 is 2.32 bits per heavy atom. The maximum Gasteiger partial charge on any atom is 0.119 e. The Labute approximate surface area is 134 Å². The smallest absolute Gasteiger partial charge is 0.119 e. The largest absolute Gasteiger partial charge is 0.491 e. The highest BCUT2D eigenvalue weighted by Gasteiger charge is 2.13. The zero-order valence-corrected chi connectivity index (χ0v) is 14.1. The van der Waals surface area contributed by atoms with E-state index in [4.69, 9.17) is 14.2 Å². The lowest BCUT2D eigenvalue weighted by Crippen LogP contribution is -2.38. The van der Waals surface area contributed by atoms with Crippen molar-refractivity contribution in [3.8, 4) is 5.75 Å². The Hall–Kier alpha value is -1.10. The Balaban J connectivity index is 1.56. The van der Waals surface area contributed by atoms with Crippen molar-refractivity contribution in [1.29, 1.82) is 0 Å². The lowest BCUT2D eigenvalue weighted by molar-refractivity contribution is 0.0170. The molecule has 4 heteroatoms. The number of ether oxygens (including phenoxy) is 3. The molecular weight excluding hydrogens is 278 g/mol. The molecule has 1 heterocycles. The summed E-state index contributed by atoms with van der Waals surface area (Å²) in [7, 11) is 0. The molecule has 0 aliphatic carbocycles. The SMILES string of the molecule is CC(C)(C)c1ccc(OCCOCCN2CCOCC2)cc1. The molecule has 1 saturated heterocycles. The molecule has 1 aliphatic heterocycles. The fourth-order valence-corrected chi connectivity index (χ4v) is 2.39. The van der Waals surface area contributed by atoms with Crippen LogP contribution in [0.4, 0.5) is 0 Å². The van der Waals surface area contributed by atoms with Crippen molar-refractivity contribution < 1.29 is 14.2 Å². The van der Waals surface area contributed by atoms with Gasteiger partial charge in [-0.2, -0.15) is 0 Å². The van der Waals surface area contributed by atoms with Crippen LogP contribution in [0.1, 0.15) is 26.3 Å². The molecule has 0 bridgehead atoms. The van der Waals surface area contributed by atoms with Crippen molar-refractivity contribution >= 4 is 0 Å². The quantitative estimate of drug-likeness (QED) is 0.725. The van der Waals surface area contributed by atoms with Gasteiger partial charge in [0.15, 0.2) is 0 Å². The van der Waals surface area contributed by atoms with E-state index in [0.717, 1.165) is 45.2 Å². The maximum atomic E-state index is 5.71. The Morgan fingerprint density at radius 2 is 1.68 bits per heavy atom. The molecule has 0 saturated carbocycles. The van der Waals surface area contributed by atoms with E-state index in [1.54, 1.807) is 0 Å². The standard InChI is InChI=1S/C18H29NO3/c1-18(2,3)16-4-6-17(7-5-16)22-15-14-21-13-10-19-8-11-20-12-9-19/h4-7H,8-15H2,1-3H3. The van der Waals surface area contributed by atoms with Gasteiger partial charge in [0.25, 0.3) is 0 Å². The summed E-state index contributed by atoms with van der Waals surface area (Å²) in [5.74, 6) is 0.907. The van der Waals surface area contributed by atoms with Gasteiger partial charge in [-0.15, -0.1) is 0 Å². The topological polar surface area (TPSA) is 30.9 Å². The molecule has 1 fully saturated rings. The summed E-state index contributed by atoms with van der Waals surface area (Å²) in [4.78, 5) is 2.37. The molecule has 124 valence electrons. The van der Waals surface area contributed by atoms with Crippen LogP contribution in [0, 0.1) is 0 Å². The monoisotopic (exact) mass is 307 g/mol. The van der Waals surface area contributed by atoms with Crippen molar-refractivity contribution in [2.75, 3.05) is 52.7 Å². The van der Waals surface area contributed by atoms with Crippen LogP contribution in [0.3, 0.4) is 0 Å². The molecule has 4 nitrogen and oxygen atoms in total. The van der Waals surface area contributed by atoms with Crippen LogP contribution in [0.25, 0.3) is 0 Å². The third-order valence-corrected chi connectivity index (χ3v) is 3.87. The van der Waals surface area contributed by atoms with E-state index < -0.39 is 0 Å². The van der Waals surface area contributed by atoms with E-state index in [1.165, 1.54) is 5.56 Å². The minimum absolute atomic E-state index is 0.182. The Morgan fingerprint density at radius 1 is 1.00 bits per heavy atom. The molecule has 0 spiro atoms. The number of morpholine rings is 1. The number of hydrogen-bond acceptors (Lipinski definition) is 4. The Bertz CT molecular complexity index is 419. The predicted octanol–water partition coefficient (Wildman–Crippen LogP) is 2.71. The minimum Gasteiger partial charge on any atom is -0.491 e. The second-order valence-corrected chi connectivity index (χ2v) is 6.69. The normalized spacial score (nSPS) is 16.7. The molecule has 2 rings (SSSR count). The van der Waals surface area contributed by atoms with E-state index in [2.05, 4.69) is 37.8 Å². The van der Waals surface area contributed by atoms with E-state index in [0.29, 0.717) is 13.2 Å². The molecule has 0 atom stereocenters. The molecule has 0 unspecified atom stereocenters. The van der Waals surface area contributed by atoms with E-state index in [-0.39, 0.29) is 5.41 Å². The average Bonchev–Trinajstić information content (AvgIpc) is 2.51. The number of nitrogens with zero attached hydrogens (tertiary/aromatic N) is 1. The maximum absolute atomic E-state index is 5.71. The summed E-state index contributed by atoms with van der Waals surface area (Å²) in [5.41, 5.74) is 1.50. The first kappa shape index (κ1) is 17.3. The first-order chi connectivity index (χ1) is 10.6.